The van der Waals surface area contributed by atoms with Crippen LogP contribution in [0.3, 0.4) is 0 Å². The average Bonchev–Trinajstić information content (AvgIpc) is 3.48. The number of rotatable bonds is 6. The van der Waals surface area contributed by atoms with E-state index < -0.39 is 6.04 Å². The SMILES string of the molecule is CCC(C)(C)n1nnnc1[C@@H](c1ccccc1F)N1CCN(C(=O)c2ccco2)CC1. The monoisotopic (exact) mass is 426 g/mol. The number of carbonyl (C=O) groups excluding carboxylic acids is 1. The Morgan fingerprint density at radius 1 is 1.16 bits per heavy atom. The van der Waals surface area contributed by atoms with Gasteiger partial charge in [-0.1, -0.05) is 25.1 Å². The van der Waals surface area contributed by atoms with Gasteiger partial charge < -0.3 is 9.32 Å². The zero-order valence-corrected chi connectivity index (χ0v) is 18.0. The van der Waals surface area contributed by atoms with Crippen LogP contribution in [0.4, 0.5) is 4.39 Å². The van der Waals surface area contributed by atoms with Gasteiger partial charge >= 0.3 is 0 Å². The fraction of sp³-hybridized carbons (Fsp3) is 0.455. The minimum atomic E-state index is -0.456. The van der Waals surface area contributed by atoms with Gasteiger partial charge in [-0.25, -0.2) is 9.07 Å². The zero-order valence-electron chi connectivity index (χ0n) is 18.0. The Morgan fingerprint density at radius 3 is 2.55 bits per heavy atom. The van der Waals surface area contributed by atoms with E-state index in [-0.39, 0.29) is 17.3 Å². The molecule has 1 aliphatic rings. The highest BCUT2D eigenvalue weighted by Gasteiger charge is 2.36. The zero-order chi connectivity index (χ0) is 22.0. The van der Waals surface area contributed by atoms with Gasteiger partial charge in [0.15, 0.2) is 11.6 Å². The number of tetrazole rings is 1. The van der Waals surface area contributed by atoms with Gasteiger partial charge in [-0.05, 0) is 48.9 Å². The molecule has 0 radical (unpaired) electrons. The smallest absolute Gasteiger partial charge is 0.289 e. The third-order valence-electron chi connectivity index (χ3n) is 6.08. The van der Waals surface area contributed by atoms with E-state index in [9.17, 15) is 9.18 Å². The molecule has 1 atom stereocenters. The lowest BCUT2D eigenvalue weighted by atomic mass is 9.98. The highest BCUT2D eigenvalue weighted by molar-refractivity contribution is 5.91. The first-order valence-corrected chi connectivity index (χ1v) is 10.5. The Bertz CT molecular complexity index is 1020. The second kappa shape index (κ2) is 8.58. The molecule has 0 bridgehead atoms. The molecule has 1 aliphatic heterocycles. The molecule has 1 saturated heterocycles. The number of piperazine rings is 1. The van der Waals surface area contributed by atoms with Crippen LogP contribution in [0, 0.1) is 5.82 Å². The van der Waals surface area contributed by atoms with E-state index in [0.29, 0.717) is 43.3 Å². The van der Waals surface area contributed by atoms with Gasteiger partial charge in [0.25, 0.3) is 5.91 Å². The molecule has 0 N–H and O–H groups in total. The Balaban J connectivity index is 1.64. The van der Waals surface area contributed by atoms with Gasteiger partial charge in [-0.15, -0.1) is 5.10 Å². The van der Waals surface area contributed by atoms with Gasteiger partial charge in [0.05, 0.1) is 11.8 Å². The molecule has 0 spiro atoms. The number of nitrogens with zero attached hydrogens (tertiary/aromatic N) is 6. The van der Waals surface area contributed by atoms with Crippen molar-refractivity contribution in [1.82, 2.24) is 30.0 Å². The molecule has 31 heavy (non-hydrogen) atoms. The standard InChI is InChI=1S/C22H27FN6O2/c1-4-22(2,3)29-20(24-25-26-29)19(16-8-5-6-9-17(16)23)27-11-13-28(14-12-27)21(30)18-10-7-15-31-18/h5-10,15,19H,4,11-14H2,1-3H3/t19-/m1/s1. The topological polar surface area (TPSA) is 80.3 Å². The Morgan fingerprint density at radius 2 is 1.90 bits per heavy atom. The lowest BCUT2D eigenvalue weighted by Crippen LogP contribution is -2.50. The van der Waals surface area contributed by atoms with Crippen LogP contribution in [0.5, 0.6) is 0 Å². The lowest BCUT2D eigenvalue weighted by Gasteiger charge is -2.39. The van der Waals surface area contributed by atoms with Crippen LogP contribution in [-0.4, -0.2) is 62.1 Å². The van der Waals surface area contributed by atoms with E-state index in [1.54, 1.807) is 33.8 Å². The van der Waals surface area contributed by atoms with Crippen LogP contribution in [0.1, 0.15) is 55.2 Å². The number of amides is 1. The largest absolute Gasteiger partial charge is 0.459 e. The van der Waals surface area contributed by atoms with Crippen LogP contribution < -0.4 is 0 Å². The average molecular weight is 426 g/mol. The van der Waals surface area contributed by atoms with Crippen molar-refractivity contribution in [3.8, 4) is 0 Å². The van der Waals surface area contributed by atoms with Crippen LogP contribution in [0.2, 0.25) is 0 Å². The van der Waals surface area contributed by atoms with Crippen molar-refractivity contribution in [2.24, 2.45) is 0 Å². The predicted molar refractivity (Wildman–Crippen MR) is 112 cm³/mol. The van der Waals surface area contributed by atoms with Crippen molar-refractivity contribution in [2.75, 3.05) is 26.2 Å². The first-order valence-electron chi connectivity index (χ1n) is 10.5. The van der Waals surface area contributed by atoms with Crippen LogP contribution in [-0.2, 0) is 5.54 Å². The number of benzene rings is 1. The molecule has 164 valence electrons. The Kier molecular flexibility index (Phi) is 5.86. The van der Waals surface area contributed by atoms with Crippen molar-refractivity contribution in [3.05, 3.63) is 65.6 Å². The maximum absolute atomic E-state index is 14.9. The minimum absolute atomic E-state index is 0.135. The molecule has 3 aromatic rings. The highest BCUT2D eigenvalue weighted by Crippen LogP contribution is 2.32. The summed E-state index contributed by atoms with van der Waals surface area (Å²) in [6.45, 7) is 8.32. The fourth-order valence-corrected chi connectivity index (χ4v) is 3.88. The van der Waals surface area contributed by atoms with Crippen LogP contribution in [0.15, 0.2) is 47.1 Å². The number of hydrogen-bond acceptors (Lipinski definition) is 6. The van der Waals surface area contributed by atoms with Gasteiger partial charge in [0, 0.05) is 31.7 Å². The summed E-state index contributed by atoms with van der Waals surface area (Å²) in [6, 6.07) is 9.64. The molecule has 2 aromatic heterocycles. The maximum atomic E-state index is 14.9. The van der Waals surface area contributed by atoms with Crippen LogP contribution >= 0.6 is 0 Å². The molecular weight excluding hydrogens is 399 g/mol. The summed E-state index contributed by atoms with van der Waals surface area (Å²) in [5.74, 6) is 0.491. The summed E-state index contributed by atoms with van der Waals surface area (Å²) in [5.41, 5.74) is 0.204. The van der Waals surface area contributed by atoms with E-state index in [2.05, 4.69) is 41.2 Å². The molecule has 3 heterocycles. The van der Waals surface area contributed by atoms with Crippen molar-refractivity contribution in [3.63, 3.8) is 0 Å². The molecule has 0 aliphatic carbocycles. The summed E-state index contributed by atoms with van der Waals surface area (Å²) >= 11 is 0. The Labute approximate surface area is 180 Å². The normalized spacial score (nSPS) is 16.5. The van der Waals surface area contributed by atoms with E-state index in [0.717, 1.165) is 6.42 Å². The Hall–Kier alpha value is -3.07. The molecule has 0 unspecified atom stereocenters. The number of hydrogen-bond donors (Lipinski definition) is 0. The van der Waals surface area contributed by atoms with Gasteiger partial charge in [0.1, 0.15) is 11.9 Å². The highest BCUT2D eigenvalue weighted by atomic mass is 19.1. The molecule has 1 amide bonds. The number of aromatic nitrogens is 4. The first kappa shape index (κ1) is 21.2. The fourth-order valence-electron chi connectivity index (χ4n) is 3.88. The van der Waals surface area contributed by atoms with E-state index in [1.807, 2.05) is 6.07 Å². The van der Waals surface area contributed by atoms with Crippen molar-refractivity contribution in [1.29, 1.82) is 0 Å². The maximum Gasteiger partial charge on any atom is 0.289 e. The number of halogens is 1. The molecule has 0 saturated carbocycles. The van der Waals surface area contributed by atoms with Crippen molar-refractivity contribution in [2.45, 2.75) is 38.8 Å². The molecule has 9 heteroatoms. The van der Waals surface area contributed by atoms with Crippen molar-refractivity contribution < 1.29 is 13.6 Å². The summed E-state index contributed by atoms with van der Waals surface area (Å²) in [6.07, 6.45) is 2.31. The summed E-state index contributed by atoms with van der Waals surface area (Å²) in [4.78, 5) is 16.5. The molecular formula is C22H27FN6O2. The van der Waals surface area contributed by atoms with E-state index in [1.165, 1.54) is 12.3 Å². The molecule has 8 nitrogen and oxygen atoms in total. The molecule has 1 aromatic carbocycles. The van der Waals surface area contributed by atoms with Gasteiger partial charge in [-0.2, -0.15) is 0 Å². The van der Waals surface area contributed by atoms with Gasteiger partial charge in [0.2, 0.25) is 0 Å². The second-order valence-corrected chi connectivity index (χ2v) is 8.34. The third-order valence-corrected chi connectivity index (χ3v) is 6.08. The quantitative estimate of drug-likeness (QED) is 0.603. The minimum Gasteiger partial charge on any atom is -0.459 e. The first-order chi connectivity index (χ1) is 14.9. The van der Waals surface area contributed by atoms with Gasteiger partial charge in [-0.3, -0.25) is 9.69 Å². The van der Waals surface area contributed by atoms with E-state index >= 15 is 0 Å². The molecule has 4 rings (SSSR count). The summed E-state index contributed by atoms with van der Waals surface area (Å²) < 4.78 is 22.0. The molecule has 1 fully saturated rings. The van der Waals surface area contributed by atoms with Crippen LogP contribution in [0.25, 0.3) is 0 Å². The number of furan rings is 1. The lowest BCUT2D eigenvalue weighted by molar-refractivity contribution is 0.0552. The van der Waals surface area contributed by atoms with Crippen molar-refractivity contribution >= 4 is 5.91 Å². The number of carbonyl (C=O) groups is 1. The third kappa shape index (κ3) is 4.10. The van der Waals surface area contributed by atoms with E-state index in [4.69, 9.17) is 4.42 Å². The summed E-state index contributed by atoms with van der Waals surface area (Å²) in [7, 11) is 0. The second-order valence-electron chi connectivity index (χ2n) is 8.34. The predicted octanol–water partition coefficient (Wildman–Crippen LogP) is 3.10. The summed E-state index contributed by atoms with van der Waals surface area (Å²) in [5, 5.41) is 12.5.